The van der Waals surface area contributed by atoms with Crippen molar-refractivity contribution in [2.24, 2.45) is 0 Å². The van der Waals surface area contributed by atoms with Gasteiger partial charge in [0.05, 0.1) is 4.83 Å². The van der Waals surface area contributed by atoms with Gasteiger partial charge in [-0.3, -0.25) is 4.98 Å². The molecule has 1 aromatic carbocycles. The van der Waals surface area contributed by atoms with Crippen molar-refractivity contribution in [2.75, 3.05) is 0 Å². The van der Waals surface area contributed by atoms with Gasteiger partial charge in [-0.15, -0.1) is 0 Å². The number of pyridine rings is 1. The Morgan fingerprint density at radius 1 is 1.00 bits per heavy atom. The van der Waals surface area contributed by atoms with E-state index in [1.807, 2.05) is 24.4 Å². The molecule has 3 heteroatoms. The molecule has 1 nitrogen and oxygen atoms in total. The summed E-state index contributed by atoms with van der Waals surface area (Å²) in [4.78, 5) is 4.35. The summed E-state index contributed by atoms with van der Waals surface area (Å²) in [5.74, 6) is 0. The number of nitrogens with zero attached hydrogens (tertiary/aromatic N) is 1. The van der Waals surface area contributed by atoms with Crippen molar-refractivity contribution in [1.82, 2.24) is 4.98 Å². The summed E-state index contributed by atoms with van der Waals surface area (Å²) >= 11 is 7.09. The SMILES string of the molecule is Brc1cncc([C@H](Br)c2ccccc2)c1. The highest BCUT2D eigenvalue weighted by molar-refractivity contribution is 9.10. The Kier molecular flexibility index (Phi) is 3.54. The van der Waals surface area contributed by atoms with Crippen LogP contribution in [0.1, 0.15) is 16.0 Å². The predicted octanol–water partition coefficient (Wildman–Crippen LogP) is 4.33. The van der Waals surface area contributed by atoms with E-state index >= 15 is 0 Å². The fraction of sp³-hybridized carbons (Fsp3) is 0.0833. The lowest BCUT2D eigenvalue weighted by Gasteiger charge is -2.10. The summed E-state index contributed by atoms with van der Waals surface area (Å²) in [5, 5.41) is 0. The van der Waals surface area contributed by atoms with Crippen LogP contribution in [0.4, 0.5) is 0 Å². The standard InChI is InChI=1S/C12H9Br2N/c13-11-6-10(7-15-8-11)12(14)9-4-2-1-3-5-9/h1-8,12H/t12-/m1/s1. The molecule has 0 aliphatic heterocycles. The summed E-state index contributed by atoms with van der Waals surface area (Å²) in [6, 6.07) is 12.4. The molecular formula is C12H9Br2N. The predicted molar refractivity (Wildman–Crippen MR) is 69.1 cm³/mol. The number of benzene rings is 1. The number of rotatable bonds is 2. The molecule has 0 amide bonds. The molecule has 0 spiro atoms. The van der Waals surface area contributed by atoms with Gasteiger partial charge < -0.3 is 0 Å². The second-order valence-electron chi connectivity index (χ2n) is 3.21. The van der Waals surface area contributed by atoms with Crippen LogP contribution in [-0.4, -0.2) is 4.98 Å². The van der Waals surface area contributed by atoms with Crippen LogP contribution in [0.3, 0.4) is 0 Å². The topological polar surface area (TPSA) is 12.9 Å². The average Bonchev–Trinajstić information content (AvgIpc) is 2.29. The van der Waals surface area contributed by atoms with Crippen LogP contribution < -0.4 is 0 Å². The zero-order valence-electron chi connectivity index (χ0n) is 7.90. The van der Waals surface area contributed by atoms with E-state index in [0.29, 0.717) is 0 Å². The van der Waals surface area contributed by atoms with E-state index in [1.54, 1.807) is 6.20 Å². The van der Waals surface area contributed by atoms with Crippen LogP contribution in [0.5, 0.6) is 0 Å². The van der Waals surface area contributed by atoms with Crippen LogP contribution in [0.25, 0.3) is 0 Å². The van der Waals surface area contributed by atoms with Gasteiger partial charge in [-0.1, -0.05) is 46.3 Å². The largest absolute Gasteiger partial charge is 0.263 e. The quantitative estimate of drug-likeness (QED) is 0.749. The van der Waals surface area contributed by atoms with Crippen molar-refractivity contribution in [2.45, 2.75) is 4.83 Å². The highest BCUT2D eigenvalue weighted by atomic mass is 79.9. The van der Waals surface area contributed by atoms with E-state index in [0.717, 1.165) is 10.0 Å². The first kappa shape index (κ1) is 10.8. The number of halogens is 2. The first-order valence-electron chi connectivity index (χ1n) is 4.57. The van der Waals surface area contributed by atoms with Crippen LogP contribution in [0.2, 0.25) is 0 Å². The van der Waals surface area contributed by atoms with Gasteiger partial charge in [0.2, 0.25) is 0 Å². The van der Waals surface area contributed by atoms with Crippen molar-refractivity contribution < 1.29 is 0 Å². The van der Waals surface area contributed by atoms with Crippen molar-refractivity contribution in [3.05, 3.63) is 64.4 Å². The maximum absolute atomic E-state index is 4.15. The third kappa shape index (κ3) is 2.67. The Bertz CT molecular complexity index is 442. The molecule has 1 heterocycles. The highest BCUT2D eigenvalue weighted by Crippen LogP contribution is 2.30. The number of alkyl halides is 1. The summed E-state index contributed by atoms with van der Waals surface area (Å²) in [5.41, 5.74) is 2.38. The molecule has 2 aromatic rings. The van der Waals surface area contributed by atoms with Crippen molar-refractivity contribution >= 4 is 31.9 Å². The molecule has 1 atom stereocenters. The highest BCUT2D eigenvalue weighted by Gasteiger charge is 2.09. The molecule has 0 radical (unpaired) electrons. The van der Waals surface area contributed by atoms with Gasteiger partial charge in [-0.25, -0.2) is 0 Å². The van der Waals surface area contributed by atoms with E-state index in [4.69, 9.17) is 0 Å². The van der Waals surface area contributed by atoms with Crippen molar-refractivity contribution in [3.8, 4) is 0 Å². The summed E-state index contributed by atoms with van der Waals surface area (Å²) in [6.45, 7) is 0. The molecule has 0 fully saturated rings. The Morgan fingerprint density at radius 2 is 1.73 bits per heavy atom. The van der Waals surface area contributed by atoms with E-state index in [-0.39, 0.29) is 4.83 Å². The number of hydrogen-bond donors (Lipinski definition) is 0. The molecule has 15 heavy (non-hydrogen) atoms. The van der Waals surface area contributed by atoms with Crippen molar-refractivity contribution in [1.29, 1.82) is 0 Å². The second-order valence-corrected chi connectivity index (χ2v) is 5.04. The lowest BCUT2D eigenvalue weighted by atomic mass is 10.1. The Balaban J connectivity index is 2.32. The Labute approximate surface area is 106 Å². The van der Waals surface area contributed by atoms with Gasteiger partial charge in [0.15, 0.2) is 0 Å². The molecule has 0 saturated heterocycles. The van der Waals surface area contributed by atoms with Crippen LogP contribution in [0, 0.1) is 0 Å². The van der Waals surface area contributed by atoms with Gasteiger partial charge in [0.25, 0.3) is 0 Å². The lowest BCUT2D eigenvalue weighted by molar-refractivity contribution is 1.13. The normalized spacial score (nSPS) is 12.4. The fourth-order valence-corrected chi connectivity index (χ4v) is 2.32. The van der Waals surface area contributed by atoms with Crippen molar-refractivity contribution in [3.63, 3.8) is 0 Å². The molecule has 0 aliphatic carbocycles. The first-order valence-corrected chi connectivity index (χ1v) is 6.28. The van der Waals surface area contributed by atoms with Crippen LogP contribution in [0.15, 0.2) is 53.3 Å². The zero-order chi connectivity index (χ0) is 10.7. The smallest absolute Gasteiger partial charge is 0.0660 e. The van der Waals surface area contributed by atoms with Gasteiger partial charge in [0.1, 0.15) is 0 Å². The minimum atomic E-state index is 0.198. The molecule has 0 aliphatic rings. The zero-order valence-corrected chi connectivity index (χ0v) is 11.1. The van der Waals surface area contributed by atoms with E-state index < -0.39 is 0 Å². The van der Waals surface area contributed by atoms with Gasteiger partial charge in [-0.05, 0) is 33.1 Å². The summed E-state index contributed by atoms with van der Waals surface area (Å²) < 4.78 is 1.00. The van der Waals surface area contributed by atoms with Gasteiger partial charge in [0, 0.05) is 16.9 Å². The second kappa shape index (κ2) is 4.90. The van der Waals surface area contributed by atoms with E-state index in [1.165, 1.54) is 5.56 Å². The molecule has 2 rings (SSSR count). The lowest BCUT2D eigenvalue weighted by Crippen LogP contribution is -1.92. The van der Waals surface area contributed by atoms with E-state index in [2.05, 4.69) is 55.0 Å². The molecule has 0 unspecified atom stereocenters. The summed E-state index contributed by atoms with van der Waals surface area (Å²) in [7, 11) is 0. The molecule has 1 aromatic heterocycles. The average molecular weight is 327 g/mol. The minimum absolute atomic E-state index is 0.198. The Hall–Kier alpha value is -0.670. The van der Waals surface area contributed by atoms with Gasteiger partial charge in [-0.2, -0.15) is 0 Å². The van der Waals surface area contributed by atoms with E-state index in [9.17, 15) is 0 Å². The molecular weight excluding hydrogens is 318 g/mol. The third-order valence-electron chi connectivity index (χ3n) is 2.11. The maximum Gasteiger partial charge on any atom is 0.0660 e. The monoisotopic (exact) mass is 325 g/mol. The van der Waals surface area contributed by atoms with Gasteiger partial charge >= 0.3 is 0 Å². The first-order chi connectivity index (χ1) is 7.27. The Morgan fingerprint density at radius 3 is 2.40 bits per heavy atom. The molecule has 76 valence electrons. The van der Waals surface area contributed by atoms with Crippen LogP contribution >= 0.6 is 31.9 Å². The molecule has 0 N–H and O–H groups in total. The third-order valence-corrected chi connectivity index (χ3v) is 3.60. The number of aromatic nitrogens is 1. The molecule has 0 saturated carbocycles. The maximum atomic E-state index is 4.15. The number of hydrogen-bond acceptors (Lipinski definition) is 1. The fourth-order valence-electron chi connectivity index (χ4n) is 1.38. The molecule has 0 bridgehead atoms. The summed E-state index contributed by atoms with van der Waals surface area (Å²) in [6.07, 6.45) is 3.66. The van der Waals surface area contributed by atoms with Crippen LogP contribution in [-0.2, 0) is 0 Å². The minimum Gasteiger partial charge on any atom is -0.263 e.